The van der Waals surface area contributed by atoms with E-state index < -0.39 is 0 Å². The predicted molar refractivity (Wildman–Crippen MR) is 87.8 cm³/mol. The summed E-state index contributed by atoms with van der Waals surface area (Å²) in [5, 5.41) is 0. The molecule has 0 radical (unpaired) electrons. The number of piperidine rings is 1. The SMILES string of the molecule is COCCN1CCCC12CCN(C(=O)C1CCCCC1)CC2. The van der Waals surface area contributed by atoms with Crippen LogP contribution in [0.5, 0.6) is 0 Å². The third-order valence-electron chi connectivity index (χ3n) is 6.27. The van der Waals surface area contributed by atoms with Gasteiger partial charge >= 0.3 is 0 Å². The van der Waals surface area contributed by atoms with Gasteiger partial charge in [-0.2, -0.15) is 0 Å². The van der Waals surface area contributed by atoms with Gasteiger partial charge in [-0.3, -0.25) is 9.69 Å². The maximum Gasteiger partial charge on any atom is 0.225 e. The maximum absolute atomic E-state index is 12.7. The summed E-state index contributed by atoms with van der Waals surface area (Å²) in [4.78, 5) is 17.5. The van der Waals surface area contributed by atoms with E-state index in [1.807, 2.05) is 0 Å². The molecule has 0 aromatic carbocycles. The number of hydrogen-bond acceptors (Lipinski definition) is 3. The molecule has 0 unspecified atom stereocenters. The van der Waals surface area contributed by atoms with Gasteiger partial charge in [-0.15, -0.1) is 0 Å². The third kappa shape index (κ3) is 3.33. The van der Waals surface area contributed by atoms with Crippen LogP contribution in [0.25, 0.3) is 0 Å². The van der Waals surface area contributed by atoms with Crippen molar-refractivity contribution in [1.29, 1.82) is 0 Å². The quantitative estimate of drug-likeness (QED) is 0.800. The van der Waals surface area contributed by atoms with Gasteiger partial charge in [0, 0.05) is 38.2 Å². The molecule has 1 spiro atoms. The van der Waals surface area contributed by atoms with Crippen LogP contribution in [0.1, 0.15) is 57.8 Å². The molecule has 0 atom stereocenters. The molecule has 3 rings (SSSR count). The van der Waals surface area contributed by atoms with Crippen molar-refractivity contribution in [3.63, 3.8) is 0 Å². The Morgan fingerprint density at radius 2 is 1.77 bits per heavy atom. The van der Waals surface area contributed by atoms with Gasteiger partial charge < -0.3 is 9.64 Å². The molecule has 1 aliphatic carbocycles. The number of ether oxygens (including phenoxy) is 1. The standard InChI is InChI=1S/C18H32N2O2/c1-22-15-14-20-11-5-8-18(20)9-12-19(13-10-18)17(21)16-6-3-2-4-7-16/h16H,2-15H2,1H3. The van der Waals surface area contributed by atoms with Gasteiger partial charge in [-0.25, -0.2) is 0 Å². The van der Waals surface area contributed by atoms with Crippen molar-refractivity contribution < 1.29 is 9.53 Å². The minimum Gasteiger partial charge on any atom is -0.383 e. The summed E-state index contributed by atoms with van der Waals surface area (Å²) in [5.41, 5.74) is 0.363. The van der Waals surface area contributed by atoms with E-state index in [-0.39, 0.29) is 0 Å². The van der Waals surface area contributed by atoms with Crippen molar-refractivity contribution in [3.8, 4) is 0 Å². The summed E-state index contributed by atoms with van der Waals surface area (Å²) in [6.07, 6.45) is 11.0. The Balaban J connectivity index is 1.54. The van der Waals surface area contributed by atoms with Gasteiger partial charge in [0.2, 0.25) is 5.91 Å². The van der Waals surface area contributed by atoms with Crippen molar-refractivity contribution in [2.45, 2.75) is 63.3 Å². The van der Waals surface area contributed by atoms with Crippen LogP contribution in [-0.4, -0.2) is 61.1 Å². The van der Waals surface area contributed by atoms with E-state index in [0.717, 1.165) is 51.9 Å². The number of methoxy groups -OCH3 is 1. The Morgan fingerprint density at radius 1 is 1.05 bits per heavy atom. The minimum absolute atomic E-state index is 0.330. The summed E-state index contributed by atoms with van der Waals surface area (Å²) >= 11 is 0. The average molecular weight is 308 g/mol. The molecule has 3 aliphatic rings. The summed E-state index contributed by atoms with van der Waals surface area (Å²) in [7, 11) is 1.79. The maximum atomic E-state index is 12.7. The van der Waals surface area contributed by atoms with E-state index in [2.05, 4.69) is 9.80 Å². The molecule has 0 bridgehead atoms. The molecule has 2 saturated heterocycles. The lowest BCUT2D eigenvalue weighted by molar-refractivity contribution is -0.139. The van der Waals surface area contributed by atoms with E-state index in [1.54, 1.807) is 7.11 Å². The summed E-state index contributed by atoms with van der Waals surface area (Å²) in [5.74, 6) is 0.784. The number of rotatable bonds is 4. The first-order valence-electron chi connectivity index (χ1n) is 9.28. The molecule has 0 aromatic heterocycles. The molecule has 126 valence electrons. The highest BCUT2D eigenvalue weighted by Gasteiger charge is 2.43. The Morgan fingerprint density at radius 3 is 2.45 bits per heavy atom. The van der Waals surface area contributed by atoms with Crippen molar-refractivity contribution in [2.75, 3.05) is 39.9 Å². The Bertz CT molecular complexity index is 371. The van der Waals surface area contributed by atoms with Crippen LogP contribution in [0.2, 0.25) is 0 Å². The van der Waals surface area contributed by atoms with Crippen LogP contribution in [0.15, 0.2) is 0 Å². The topological polar surface area (TPSA) is 32.8 Å². The molecule has 0 aromatic rings. The van der Waals surface area contributed by atoms with Crippen LogP contribution in [0.4, 0.5) is 0 Å². The number of amides is 1. The number of carbonyl (C=O) groups is 1. The van der Waals surface area contributed by atoms with Crippen LogP contribution >= 0.6 is 0 Å². The average Bonchev–Trinajstić information content (AvgIpc) is 2.96. The molecule has 3 fully saturated rings. The van der Waals surface area contributed by atoms with E-state index in [0.29, 0.717) is 17.4 Å². The van der Waals surface area contributed by atoms with Crippen molar-refractivity contribution in [2.24, 2.45) is 5.92 Å². The summed E-state index contributed by atoms with van der Waals surface area (Å²) in [6.45, 7) is 5.02. The van der Waals surface area contributed by atoms with E-state index in [9.17, 15) is 4.79 Å². The van der Waals surface area contributed by atoms with Crippen LogP contribution in [-0.2, 0) is 9.53 Å². The van der Waals surface area contributed by atoms with Gasteiger partial charge in [0.05, 0.1) is 6.61 Å². The van der Waals surface area contributed by atoms with Gasteiger partial charge in [-0.1, -0.05) is 19.3 Å². The van der Waals surface area contributed by atoms with Crippen molar-refractivity contribution >= 4 is 5.91 Å². The van der Waals surface area contributed by atoms with Crippen LogP contribution in [0.3, 0.4) is 0 Å². The first-order valence-corrected chi connectivity index (χ1v) is 9.28. The second-order valence-corrected chi connectivity index (χ2v) is 7.47. The summed E-state index contributed by atoms with van der Waals surface area (Å²) in [6, 6.07) is 0. The van der Waals surface area contributed by atoms with Crippen molar-refractivity contribution in [3.05, 3.63) is 0 Å². The molecule has 2 heterocycles. The number of hydrogen-bond donors (Lipinski definition) is 0. The highest BCUT2D eigenvalue weighted by atomic mass is 16.5. The fraction of sp³-hybridized carbons (Fsp3) is 0.944. The molecule has 1 saturated carbocycles. The molecule has 0 N–H and O–H groups in total. The minimum atomic E-state index is 0.330. The number of carbonyl (C=O) groups excluding carboxylic acids is 1. The molecule has 4 heteroatoms. The molecule has 2 aliphatic heterocycles. The lowest BCUT2D eigenvalue weighted by Crippen LogP contribution is -2.54. The van der Waals surface area contributed by atoms with Gasteiger partial charge in [-0.05, 0) is 45.1 Å². The Kier molecular flexibility index (Phi) is 5.40. The molecular formula is C18H32N2O2. The predicted octanol–water partition coefficient (Wildman–Crippen LogP) is 2.67. The zero-order chi connectivity index (χ0) is 15.4. The molecule has 4 nitrogen and oxygen atoms in total. The first-order chi connectivity index (χ1) is 10.7. The van der Waals surface area contributed by atoms with Gasteiger partial charge in [0.25, 0.3) is 0 Å². The fourth-order valence-corrected chi connectivity index (χ4v) is 4.86. The second kappa shape index (κ2) is 7.31. The molecule has 1 amide bonds. The fourth-order valence-electron chi connectivity index (χ4n) is 4.86. The number of likely N-dealkylation sites (tertiary alicyclic amines) is 2. The molecular weight excluding hydrogens is 276 g/mol. The highest BCUT2D eigenvalue weighted by Crippen LogP contribution is 2.39. The molecule has 22 heavy (non-hydrogen) atoms. The van der Waals surface area contributed by atoms with E-state index >= 15 is 0 Å². The lowest BCUT2D eigenvalue weighted by atomic mass is 9.83. The highest BCUT2D eigenvalue weighted by molar-refractivity contribution is 5.79. The Hall–Kier alpha value is -0.610. The van der Waals surface area contributed by atoms with Crippen molar-refractivity contribution in [1.82, 2.24) is 9.80 Å². The zero-order valence-corrected chi connectivity index (χ0v) is 14.2. The van der Waals surface area contributed by atoms with Crippen LogP contribution < -0.4 is 0 Å². The first kappa shape index (κ1) is 16.3. The third-order valence-corrected chi connectivity index (χ3v) is 6.27. The van der Waals surface area contributed by atoms with E-state index in [4.69, 9.17) is 4.74 Å². The van der Waals surface area contributed by atoms with E-state index in [1.165, 1.54) is 38.6 Å². The monoisotopic (exact) mass is 308 g/mol. The van der Waals surface area contributed by atoms with Crippen LogP contribution in [0, 0.1) is 5.92 Å². The lowest BCUT2D eigenvalue weighted by Gasteiger charge is -2.46. The van der Waals surface area contributed by atoms with Gasteiger partial charge in [0.15, 0.2) is 0 Å². The normalized spacial score (nSPS) is 26.7. The zero-order valence-electron chi connectivity index (χ0n) is 14.2. The number of nitrogens with zero attached hydrogens (tertiary/aromatic N) is 2. The summed E-state index contributed by atoms with van der Waals surface area (Å²) < 4.78 is 5.27. The van der Waals surface area contributed by atoms with Gasteiger partial charge in [0.1, 0.15) is 0 Å². The second-order valence-electron chi connectivity index (χ2n) is 7.47. The Labute approximate surface area is 135 Å². The smallest absolute Gasteiger partial charge is 0.225 e. The largest absolute Gasteiger partial charge is 0.383 e.